The van der Waals surface area contributed by atoms with Gasteiger partial charge in [-0.3, -0.25) is 4.72 Å². The zero-order valence-corrected chi connectivity index (χ0v) is 17.8. The maximum atomic E-state index is 13.2. The third kappa shape index (κ3) is 4.85. The van der Waals surface area contributed by atoms with Crippen LogP contribution in [0.1, 0.15) is 24.8 Å². The Morgan fingerprint density at radius 1 is 0.844 bits per heavy atom. The SMILES string of the molecule is O=S(=O)(Nc1ccc(-c2ccc(N3CCCCC3)nn2)cc1)c1ccccc1C(F)(F)F. The smallest absolute Gasteiger partial charge is 0.355 e. The van der Waals surface area contributed by atoms with Gasteiger partial charge in [-0.1, -0.05) is 24.3 Å². The van der Waals surface area contributed by atoms with Gasteiger partial charge < -0.3 is 4.90 Å². The molecular weight excluding hydrogens is 441 g/mol. The van der Waals surface area contributed by atoms with Gasteiger partial charge in [0.15, 0.2) is 5.82 Å². The van der Waals surface area contributed by atoms with Crippen LogP contribution in [-0.2, 0) is 16.2 Å². The number of hydrogen-bond donors (Lipinski definition) is 1. The van der Waals surface area contributed by atoms with Gasteiger partial charge in [-0.05, 0) is 55.7 Å². The highest BCUT2D eigenvalue weighted by Crippen LogP contribution is 2.34. The van der Waals surface area contributed by atoms with E-state index in [2.05, 4.69) is 19.8 Å². The molecule has 0 atom stereocenters. The van der Waals surface area contributed by atoms with Crippen LogP contribution in [0.2, 0.25) is 0 Å². The van der Waals surface area contributed by atoms with Crippen molar-refractivity contribution in [2.24, 2.45) is 0 Å². The predicted molar refractivity (Wildman–Crippen MR) is 116 cm³/mol. The number of anilines is 2. The second-order valence-corrected chi connectivity index (χ2v) is 9.15. The molecule has 0 amide bonds. The number of nitrogens with zero attached hydrogens (tertiary/aromatic N) is 3. The summed E-state index contributed by atoms with van der Waals surface area (Å²) in [6.07, 6.45) is -1.30. The molecule has 3 aromatic rings. The van der Waals surface area contributed by atoms with E-state index in [0.29, 0.717) is 11.3 Å². The quantitative estimate of drug-likeness (QED) is 0.581. The lowest BCUT2D eigenvalue weighted by molar-refractivity contribution is -0.139. The Balaban J connectivity index is 1.51. The van der Waals surface area contributed by atoms with Gasteiger partial charge in [-0.25, -0.2) is 8.42 Å². The van der Waals surface area contributed by atoms with Crippen molar-refractivity contribution in [3.63, 3.8) is 0 Å². The van der Waals surface area contributed by atoms with Crippen molar-refractivity contribution in [3.8, 4) is 11.3 Å². The van der Waals surface area contributed by atoms with Gasteiger partial charge in [-0.15, -0.1) is 10.2 Å². The number of piperidine rings is 1. The Labute approximate surface area is 184 Å². The molecule has 1 aromatic heterocycles. The van der Waals surface area contributed by atoms with E-state index in [9.17, 15) is 21.6 Å². The summed E-state index contributed by atoms with van der Waals surface area (Å²) in [7, 11) is -4.43. The van der Waals surface area contributed by atoms with E-state index >= 15 is 0 Å². The van der Waals surface area contributed by atoms with E-state index in [0.717, 1.165) is 49.9 Å². The molecule has 2 aromatic carbocycles. The lowest BCUT2D eigenvalue weighted by atomic mass is 10.1. The van der Waals surface area contributed by atoms with Crippen molar-refractivity contribution in [1.82, 2.24) is 10.2 Å². The van der Waals surface area contributed by atoms with E-state index < -0.39 is 26.7 Å². The minimum atomic E-state index is -4.78. The molecule has 0 bridgehead atoms. The van der Waals surface area contributed by atoms with Crippen LogP contribution in [-0.4, -0.2) is 31.7 Å². The molecule has 1 saturated heterocycles. The fourth-order valence-corrected chi connectivity index (χ4v) is 4.91. The van der Waals surface area contributed by atoms with E-state index in [4.69, 9.17) is 0 Å². The number of halogens is 3. The molecule has 1 N–H and O–H groups in total. The molecule has 1 aliphatic heterocycles. The zero-order valence-electron chi connectivity index (χ0n) is 17.0. The monoisotopic (exact) mass is 462 g/mol. The molecule has 32 heavy (non-hydrogen) atoms. The molecule has 0 radical (unpaired) electrons. The van der Waals surface area contributed by atoms with Crippen LogP contribution in [0.15, 0.2) is 65.6 Å². The number of benzene rings is 2. The Morgan fingerprint density at radius 2 is 1.53 bits per heavy atom. The summed E-state index contributed by atoms with van der Waals surface area (Å²) in [5.74, 6) is 0.821. The number of alkyl halides is 3. The normalized spacial score (nSPS) is 14.9. The summed E-state index contributed by atoms with van der Waals surface area (Å²) in [6.45, 7) is 1.92. The van der Waals surface area contributed by atoms with Gasteiger partial charge in [0.05, 0.1) is 16.2 Å². The van der Waals surface area contributed by atoms with E-state index in [1.165, 1.54) is 24.6 Å². The molecular formula is C22H21F3N4O2S. The topological polar surface area (TPSA) is 75.2 Å². The van der Waals surface area contributed by atoms with Gasteiger partial charge in [0.2, 0.25) is 0 Å². The van der Waals surface area contributed by atoms with Crippen LogP contribution in [0.4, 0.5) is 24.7 Å². The van der Waals surface area contributed by atoms with Crippen LogP contribution >= 0.6 is 0 Å². The molecule has 0 saturated carbocycles. The van der Waals surface area contributed by atoms with E-state index in [1.807, 2.05) is 12.1 Å². The molecule has 0 aliphatic carbocycles. The fraction of sp³-hybridized carbons (Fsp3) is 0.273. The van der Waals surface area contributed by atoms with Crippen molar-refractivity contribution >= 4 is 21.5 Å². The molecule has 168 valence electrons. The molecule has 1 aliphatic rings. The summed E-state index contributed by atoms with van der Waals surface area (Å²) < 4.78 is 66.9. The number of hydrogen-bond acceptors (Lipinski definition) is 5. The Kier molecular flexibility index (Phi) is 6.05. The largest absolute Gasteiger partial charge is 0.417 e. The average Bonchev–Trinajstić information content (AvgIpc) is 2.80. The van der Waals surface area contributed by atoms with Gasteiger partial charge in [0.1, 0.15) is 0 Å². The molecule has 0 unspecified atom stereocenters. The van der Waals surface area contributed by atoms with E-state index in [-0.39, 0.29) is 5.69 Å². The minimum Gasteiger partial charge on any atom is -0.355 e. The number of rotatable bonds is 5. The minimum absolute atomic E-state index is 0.142. The number of nitrogens with one attached hydrogen (secondary N) is 1. The van der Waals surface area contributed by atoms with Crippen molar-refractivity contribution in [3.05, 3.63) is 66.2 Å². The van der Waals surface area contributed by atoms with Gasteiger partial charge >= 0.3 is 6.18 Å². The maximum absolute atomic E-state index is 13.2. The second-order valence-electron chi connectivity index (χ2n) is 7.50. The first-order valence-corrected chi connectivity index (χ1v) is 11.6. The summed E-state index contributed by atoms with van der Waals surface area (Å²) in [5.41, 5.74) is 0.251. The average molecular weight is 462 g/mol. The summed E-state index contributed by atoms with van der Waals surface area (Å²) >= 11 is 0. The first-order chi connectivity index (χ1) is 15.2. The number of aromatic nitrogens is 2. The van der Waals surface area contributed by atoms with Crippen LogP contribution in [0.5, 0.6) is 0 Å². The molecule has 1 fully saturated rings. The number of sulfonamides is 1. The van der Waals surface area contributed by atoms with Crippen molar-refractivity contribution < 1.29 is 21.6 Å². The summed E-state index contributed by atoms with van der Waals surface area (Å²) in [4.78, 5) is 1.37. The van der Waals surface area contributed by atoms with Crippen molar-refractivity contribution in [2.45, 2.75) is 30.3 Å². The second kappa shape index (κ2) is 8.78. The highest BCUT2D eigenvalue weighted by Gasteiger charge is 2.36. The molecule has 2 heterocycles. The lowest BCUT2D eigenvalue weighted by Crippen LogP contribution is -2.30. The molecule has 10 heteroatoms. The van der Waals surface area contributed by atoms with Crippen molar-refractivity contribution in [2.75, 3.05) is 22.7 Å². The summed E-state index contributed by atoms with van der Waals surface area (Å²) in [5, 5.41) is 8.55. The standard InChI is InChI=1S/C22H21F3N4O2S/c23-22(24,25)18-6-2-3-7-20(18)32(30,31)28-17-10-8-16(9-11-17)19-12-13-21(27-26-19)29-14-4-1-5-15-29/h2-3,6-13,28H,1,4-5,14-15H2. The summed E-state index contributed by atoms with van der Waals surface area (Å²) in [6, 6.07) is 14.0. The molecule has 0 spiro atoms. The Hall–Kier alpha value is -3.14. The third-order valence-electron chi connectivity index (χ3n) is 5.25. The first kappa shape index (κ1) is 22.1. The predicted octanol–water partition coefficient (Wildman–Crippen LogP) is 4.95. The Bertz CT molecular complexity index is 1180. The highest BCUT2D eigenvalue weighted by atomic mass is 32.2. The van der Waals surface area contributed by atoms with Crippen molar-refractivity contribution in [1.29, 1.82) is 0 Å². The van der Waals surface area contributed by atoms with Gasteiger partial charge in [-0.2, -0.15) is 13.2 Å². The fourth-order valence-electron chi connectivity index (χ4n) is 3.63. The van der Waals surface area contributed by atoms with Crippen LogP contribution in [0.3, 0.4) is 0 Å². The molecule has 6 nitrogen and oxygen atoms in total. The van der Waals surface area contributed by atoms with Gasteiger partial charge in [0, 0.05) is 24.3 Å². The highest BCUT2D eigenvalue weighted by molar-refractivity contribution is 7.92. The third-order valence-corrected chi connectivity index (χ3v) is 6.68. The van der Waals surface area contributed by atoms with E-state index in [1.54, 1.807) is 12.1 Å². The van der Waals surface area contributed by atoms with Gasteiger partial charge in [0.25, 0.3) is 10.0 Å². The van der Waals surface area contributed by atoms with Crippen LogP contribution in [0.25, 0.3) is 11.3 Å². The first-order valence-electron chi connectivity index (χ1n) is 10.1. The Morgan fingerprint density at radius 3 is 2.16 bits per heavy atom. The maximum Gasteiger partial charge on any atom is 0.417 e. The van der Waals surface area contributed by atoms with Crippen LogP contribution in [0, 0.1) is 0 Å². The lowest BCUT2D eigenvalue weighted by Gasteiger charge is -2.27. The molecule has 4 rings (SSSR count). The van der Waals surface area contributed by atoms with Crippen LogP contribution < -0.4 is 9.62 Å². The zero-order chi connectivity index (χ0) is 22.8.